The number of pyridine rings is 1. The SMILES string of the molecule is Cc1cccc(CNc2ccnc(C(=O)Nc3ccc(N(C)C)cc3)c2)c1. The minimum Gasteiger partial charge on any atom is -0.381 e. The second-order valence-corrected chi connectivity index (χ2v) is 6.67. The van der Waals surface area contributed by atoms with Crippen molar-refractivity contribution in [2.24, 2.45) is 0 Å². The molecule has 27 heavy (non-hydrogen) atoms. The van der Waals surface area contributed by atoms with Crippen LogP contribution in [0.2, 0.25) is 0 Å². The number of nitrogens with one attached hydrogen (secondary N) is 2. The van der Waals surface area contributed by atoms with Gasteiger partial charge in [-0.25, -0.2) is 0 Å². The summed E-state index contributed by atoms with van der Waals surface area (Å²) in [6, 6.07) is 19.6. The Morgan fingerprint density at radius 3 is 2.48 bits per heavy atom. The van der Waals surface area contributed by atoms with Crippen LogP contribution in [0.25, 0.3) is 0 Å². The fraction of sp³-hybridized carbons (Fsp3) is 0.182. The van der Waals surface area contributed by atoms with Gasteiger partial charge in [0.25, 0.3) is 5.91 Å². The normalized spacial score (nSPS) is 10.3. The molecule has 3 aromatic rings. The van der Waals surface area contributed by atoms with Crippen LogP contribution in [0, 0.1) is 6.92 Å². The molecule has 1 amide bonds. The lowest BCUT2D eigenvalue weighted by molar-refractivity contribution is 0.102. The summed E-state index contributed by atoms with van der Waals surface area (Å²) in [5.41, 5.74) is 5.47. The lowest BCUT2D eigenvalue weighted by Gasteiger charge is -2.13. The van der Waals surface area contributed by atoms with Gasteiger partial charge in [-0.15, -0.1) is 0 Å². The third-order valence-electron chi connectivity index (χ3n) is 4.21. The quantitative estimate of drug-likeness (QED) is 0.687. The molecule has 2 N–H and O–H groups in total. The molecule has 0 radical (unpaired) electrons. The summed E-state index contributed by atoms with van der Waals surface area (Å²) < 4.78 is 0. The zero-order valence-electron chi connectivity index (χ0n) is 15.9. The van der Waals surface area contributed by atoms with Crippen molar-refractivity contribution in [1.29, 1.82) is 0 Å². The predicted octanol–water partition coefficient (Wildman–Crippen LogP) is 4.32. The van der Waals surface area contributed by atoms with Crippen LogP contribution in [-0.4, -0.2) is 25.0 Å². The maximum Gasteiger partial charge on any atom is 0.274 e. The average molecular weight is 360 g/mol. The van der Waals surface area contributed by atoms with Gasteiger partial charge in [-0.05, 0) is 48.9 Å². The maximum atomic E-state index is 12.5. The third kappa shape index (κ3) is 5.07. The highest BCUT2D eigenvalue weighted by molar-refractivity contribution is 6.03. The molecule has 5 nitrogen and oxygen atoms in total. The summed E-state index contributed by atoms with van der Waals surface area (Å²) in [4.78, 5) is 18.7. The molecule has 0 saturated carbocycles. The van der Waals surface area contributed by atoms with E-state index in [4.69, 9.17) is 0 Å². The first-order chi connectivity index (χ1) is 13.0. The molecule has 0 bridgehead atoms. The number of nitrogens with zero attached hydrogens (tertiary/aromatic N) is 2. The van der Waals surface area contributed by atoms with Crippen molar-refractivity contribution in [3.05, 3.63) is 83.7 Å². The molecule has 3 rings (SSSR count). The van der Waals surface area contributed by atoms with Crippen LogP contribution in [0.5, 0.6) is 0 Å². The Morgan fingerprint density at radius 1 is 1.00 bits per heavy atom. The summed E-state index contributed by atoms with van der Waals surface area (Å²) in [6.45, 7) is 2.77. The van der Waals surface area contributed by atoms with E-state index in [1.165, 1.54) is 11.1 Å². The molecule has 0 aliphatic rings. The Morgan fingerprint density at radius 2 is 1.78 bits per heavy atom. The first kappa shape index (κ1) is 18.5. The molecule has 0 spiro atoms. The maximum absolute atomic E-state index is 12.5. The van der Waals surface area contributed by atoms with Gasteiger partial charge in [-0.2, -0.15) is 0 Å². The van der Waals surface area contributed by atoms with Crippen LogP contribution in [0.4, 0.5) is 17.1 Å². The van der Waals surface area contributed by atoms with Crippen molar-refractivity contribution in [3.63, 3.8) is 0 Å². The van der Waals surface area contributed by atoms with Crippen LogP contribution in [0.15, 0.2) is 66.9 Å². The van der Waals surface area contributed by atoms with E-state index in [2.05, 4.69) is 40.7 Å². The highest BCUT2D eigenvalue weighted by atomic mass is 16.1. The van der Waals surface area contributed by atoms with Gasteiger partial charge in [0.1, 0.15) is 5.69 Å². The Balaban J connectivity index is 1.64. The molecule has 0 saturated heterocycles. The van der Waals surface area contributed by atoms with E-state index < -0.39 is 0 Å². The molecule has 5 heteroatoms. The first-order valence-electron chi connectivity index (χ1n) is 8.85. The number of benzene rings is 2. The van der Waals surface area contributed by atoms with Crippen molar-refractivity contribution in [2.75, 3.05) is 29.6 Å². The van der Waals surface area contributed by atoms with E-state index in [-0.39, 0.29) is 5.91 Å². The Bertz CT molecular complexity index is 920. The topological polar surface area (TPSA) is 57.3 Å². The van der Waals surface area contributed by atoms with E-state index in [1.807, 2.05) is 55.4 Å². The number of rotatable bonds is 6. The molecular formula is C22H24N4O. The summed E-state index contributed by atoms with van der Waals surface area (Å²) in [5, 5.41) is 6.23. The van der Waals surface area contributed by atoms with Crippen LogP contribution in [0.3, 0.4) is 0 Å². The molecule has 1 aromatic heterocycles. The number of aromatic nitrogens is 1. The Kier molecular flexibility index (Phi) is 5.71. The highest BCUT2D eigenvalue weighted by Crippen LogP contribution is 2.17. The Labute approximate surface area is 160 Å². The second-order valence-electron chi connectivity index (χ2n) is 6.67. The van der Waals surface area contributed by atoms with Gasteiger partial charge in [0.2, 0.25) is 0 Å². The van der Waals surface area contributed by atoms with Crippen molar-refractivity contribution in [2.45, 2.75) is 13.5 Å². The van der Waals surface area contributed by atoms with Gasteiger partial charge < -0.3 is 15.5 Å². The van der Waals surface area contributed by atoms with Gasteiger partial charge >= 0.3 is 0 Å². The zero-order valence-corrected chi connectivity index (χ0v) is 15.9. The Hall–Kier alpha value is -3.34. The highest BCUT2D eigenvalue weighted by Gasteiger charge is 2.09. The minimum absolute atomic E-state index is 0.230. The van der Waals surface area contributed by atoms with Crippen molar-refractivity contribution < 1.29 is 4.79 Å². The summed E-state index contributed by atoms with van der Waals surface area (Å²) >= 11 is 0. The number of aryl methyl sites for hydroxylation is 1. The molecule has 0 atom stereocenters. The second kappa shape index (κ2) is 8.36. The van der Waals surface area contributed by atoms with E-state index >= 15 is 0 Å². The van der Waals surface area contributed by atoms with Gasteiger partial charge in [0, 0.05) is 43.9 Å². The van der Waals surface area contributed by atoms with Crippen LogP contribution >= 0.6 is 0 Å². The zero-order chi connectivity index (χ0) is 19.2. The van der Waals surface area contributed by atoms with Crippen molar-refractivity contribution >= 4 is 23.0 Å². The van der Waals surface area contributed by atoms with Crippen LogP contribution in [-0.2, 0) is 6.54 Å². The molecule has 2 aromatic carbocycles. The third-order valence-corrected chi connectivity index (χ3v) is 4.21. The largest absolute Gasteiger partial charge is 0.381 e. The molecule has 0 fully saturated rings. The van der Waals surface area contributed by atoms with E-state index in [0.29, 0.717) is 12.2 Å². The summed E-state index contributed by atoms with van der Waals surface area (Å²) in [5.74, 6) is -0.230. The molecule has 1 heterocycles. The number of hydrogen-bond donors (Lipinski definition) is 2. The summed E-state index contributed by atoms with van der Waals surface area (Å²) in [6.07, 6.45) is 1.64. The van der Waals surface area contributed by atoms with Gasteiger partial charge in [0.05, 0.1) is 0 Å². The summed E-state index contributed by atoms with van der Waals surface area (Å²) in [7, 11) is 3.96. The molecular weight excluding hydrogens is 336 g/mol. The minimum atomic E-state index is -0.230. The molecule has 0 aliphatic heterocycles. The number of carbonyl (C=O) groups excluding carboxylic acids is 1. The molecule has 0 aliphatic carbocycles. The fourth-order valence-corrected chi connectivity index (χ4v) is 2.73. The van der Waals surface area contributed by atoms with E-state index in [9.17, 15) is 4.79 Å². The van der Waals surface area contributed by atoms with E-state index in [1.54, 1.807) is 12.3 Å². The van der Waals surface area contributed by atoms with Crippen LogP contribution < -0.4 is 15.5 Å². The van der Waals surface area contributed by atoms with Gasteiger partial charge in [-0.1, -0.05) is 29.8 Å². The van der Waals surface area contributed by atoms with Crippen molar-refractivity contribution in [3.8, 4) is 0 Å². The fourth-order valence-electron chi connectivity index (χ4n) is 2.73. The van der Waals surface area contributed by atoms with Gasteiger partial charge in [-0.3, -0.25) is 9.78 Å². The number of carbonyl (C=O) groups is 1. The number of hydrogen-bond acceptors (Lipinski definition) is 4. The smallest absolute Gasteiger partial charge is 0.274 e. The first-order valence-corrected chi connectivity index (χ1v) is 8.85. The molecule has 0 unspecified atom stereocenters. The average Bonchev–Trinajstić information content (AvgIpc) is 2.67. The molecule has 138 valence electrons. The van der Waals surface area contributed by atoms with Crippen molar-refractivity contribution in [1.82, 2.24) is 4.98 Å². The monoisotopic (exact) mass is 360 g/mol. The lowest BCUT2D eigenvalue weighted by Crippen LogP contribution is -2.14. The lowest BCUT2D eigenvalue weighted by atomic mass is 10.1. The van der Waals surface area contributed by atoms with Gasteiger partial charge in [0.15, 0.2) is 0 Å². The van der Waals surface area contributed by atoms with Crippen LogP contribution in [0.1, 0.15) is 21.6 Å². The predicted molar refractivity (Wildman–Crippen MR) is 111 cm³/mol. The standard InChI is InChI=1S/C22H24N4O/c1-16-5-4-6-17(13-16)15-24-19-11-12-23-21(14-19)22(27)25-18-7-9-20(10-8-18)26(2)3/h4-14H,15H2,1-3H3,(H,23,24)(H,25,27). The van der Waals surface area contributed by atoms with E-state index in [0.717, 1.165) is 17.1 Å². The number of amides is 1. The number of anilines is 3.